The highest BCUT2D eigenvalue weighted by atomic mass is 19.4. The molecule has 23 heavy (non-hydrogen) atoms. The highest BCUT2D eigenvalue weighted by Gasteiger charge is 2.30. The Morgan fingerprint density at radius 1 is 1.00 bits per heavy atom. The van der Waals surface area contributed by atoms with Gasteiger partial charge in [0.05, 0.1) is 5.56 Å². The van der Waals surface area contributed by atoms with Gasteiger partial charge in [-0.1, -0.05) is 18.2 Å². The van der Waals surface area contributed by atoms with Crippen LogP contribution in [0.2, 0.25) is 0 Å². The van der Waals surface area contributed by atoms with Crippen LogP contribution in [-0.4, -0.2) is 12.5 Å². The molecule has 0 saturated carbocycles. The molecule has 5 heteroatoms. The van der Waals surface area contributed by atoms with E-state index in [1.807, 2.05) is 25.1 Å². The van der Waals surface area contributed by atoms with Gasteiger partial charge in [-0.05, 0) is 54.3 Å². The smallest absolute Gasteiger partial charge is 0.312 e. The van der Waals surface area contributed by atoms with Crippen molar-refractivity contribution in [2.75, 3.05) is 11.4 Å². The molecule has 0 N–H and O–H groups in total. The fourth-order valence-corrected chi connectivity index (χ4v) is 2.94. The molecule has 1 aliphatic heterocycles. The lowest BCUT2D eigenvalue weighted by molar-refractivity contribution is -0.137. The van der Waals surface area contributed by atoms with E-state index in [1.165, 1.54) is 12.1 Å². The SMILES string of the molecule is CCN1C(=O)CCc2cc(-c3ccc(C(F)(F)F)cc3)ccc21. The average molecular weight is 319 g/mol. The van der Waals surface area contributed by atoms with Crippen LogP contribution in [0.5, 0.6) is 0 Å². The quantitative estimate of drug-likeness (QED) is 0.787. The minimum atomic E-state index is -4.32. The van der Waals surface area contributed by atoms with Crippen molar-refractivity contribution in [2.24, 2.45) is 0 Å². The van der Waals surface area contributed by atoms with Crippen molar-refractivity contribution >= 4 is 11.6 Å². The number of amides is 1. The Morgan fingerprint density at radius 2 is 1.65 bits per heavy atom. The Kier molecular flexibility index (Phi) is 3.88. The standard InChI is InChI=1S/C18H16F3NO/c1-2-22-16-9-5-13(11-14(16)6-10-17(22)23)12-3-7-15(8-4-12)18(19,20)21/h3-5,7-9,11H,2,6,10H2,1H3. The molecule has 0 atom stereocenters. The Hall–Kier alpha value is -2.30. The van der Waals surface area contributed by atoms with E-state index in [9.17, 15) is 18.0 Å². The molecule has 1 amide bonds. The van der Waals surface area contributed by atoms with Crippen molar-refractivity contribution in [3.63, 3.8) is 0 Å². The summed E-state index contributed by atoms with van der Waals surface area (Å²) in [7, 11) is 0. The highest BCUT2D eigenvalue weighted by Crippen LogP contribution is 2.34. The largest absolute Gasteiger partial charge is 0.416 e. The molecule has 0 aliphatic carbocycles. The summed E-state index contributed by atoms with van der Waals surface area (Å²) in [5, 5.41) is 0. The van der Waals surface area contributed by atoms with Crippen LogP contribution >= 0.6 is 0 Å². The zero-order chi connectivity index (χ0) is 16.6. The van der Waals surface area contributed by atoms with Crippen molar-refractivity contribution < 1.29 is 18.0 Å². The topological polar surface area (TPSA) is 20.3 Å². The van der Waals surface area contributed by atoms with E-state index in [1.54, 1.807) is 4.90 Å². The van der Waals surface area contributed by atoms with E-state index >= 15 is 0 Å². The molecule has 0 radical (unpaired) electrons. The van der Waals surface area contributed by atoms with E-state index < -0.39 is 11.7 Å². The normalized spacial score (nSPS) is 14.8. The zero-order valence-corrected chi connectivity index (χ0v) is 12.7. The summed E-state index contributed by atoms with van der Waals surface area (Å²) in [5.41, 5.74) is 2.91. The molecule has 0 spiro atoms. The molecule has 0 unspecified atom stereocenters. The van der Waals surface area contributed by atoms with Crippen molar-refractivity contribution in [3.8, 4) is 11.1 Å². The van der Waals surface area contributed by atoms with E-state index in [0.717, 1.165) is 34.5 Å². The van der Waals surface area contributed by atoms with Gasteiger partial charge in [-0.25, -0.2) is 0 Å². The van der Waals surface area contributed by atoms with Gasteiger partial charge < -0.3 is 4.90 Å². The van der Waals surface area contributed by atoms with Gasteiger partial charge in [-0.15, -0.1) is 0 Å². The van der Waals surface area contributed by atoms with Crippen molar-refractivity contribution in [3.05, 3.63) is 53.6 Å². The molecule has 3 rings (SSSR count). The molecule has 0 saturated heterocycles. The fourth-order valence-electron chi connectivity index (χ4n) is 2.94. The Labute approximate surface area is 132 Å². The Balaban J connectivity index is 1.95. The first-order valence-electron chi connectivity index (χ1n) is 7.51. The lowest BCUT2D eigenvalue weighted by atomic mass is 9.95. The lowest BCUT2D eigenvalue weighted by Gasteiger charge is -2.28. The number of aryl methyl sites for hydroxylation is 1. The number of halogens is 3. The van der Waals surface area contributed by atoms with Crippen LogP contribution in [0.3, 0.4) is 0 Å². The number of hydrogen-bond acceptors (Lipinski definition) is 1. The Bertz CT molecular complexity index is 735. The number of alkyl halides is 3. The van der Waals surface area contributed by atoms with Crippen molar-refractivity contribution in [2.45, 2.75) is 25.9 Å². The van der Waals surface area contributed by atoms with Gasteiger partial charge in [0.25, 0.3) is 0 Å². The number of carbonyl (C=O) groups excluding carboxylic acids is 1. The van der Waals surface area contributed by atoms with Crippen LogP contribution in [0.1, 0.15) is 24.5 Å². The van der Waals surface area contributed by atoms with Crippen LogP contribution in [0.4, 0.5) is 18.9 Å². The molecule has 120 valence electrons. The molecule has 0 fully saturated rings. The van der Waals surface area contributed by atoms with Crippen LogP contribution in [0.15, 0.2) is 42.5 Å². The van der Waals surface area contributed by atoms with Gasteiger partial charge in [-0.2, -0.15) is 13.2 Å². The fraction of sp³-hybridized carbons (Fsp3) is 0.278. The first kappa shape index (κ1) is 15.6. The number of rotatable bonds is 2. The maximum Gasteiger partial charge on any atom is 0.416 e. The zero-order valence-electron chi connectivity index (χ0n) is 12.7. The van der Waals surface area contributed by atoms with Gasteiger partial charge in [0, 0.05) is 18.7 Å². The summed E-state index contributed by atoms with van der Waals surface area (Å²) in [6, 6.07) is 10.8. The number of nitrogens with zero attached hydrogens (tertiary/aromatic N) is 1. The predicted molar refractivity (Wildman–Crippen MR) is 83.2 cm³/mol. The molecule has 2 aromatic carbocycles. The van der Waals surface area contributed by atoms with Crippen molar-refractivity contribution in [1.82, 2.24) is 0 Å². The molecular formula is C18H16F3NO. The van der Waals surface area contributed by atoms with E-state index in [-0.39, 0.29) is 5.91 Å². The van der Waals surface area contributed by atoms with Crippen LogP contribution in [-0.2, 0) is 17.4 Å². The van der Waals surface area contributed by atoms with Crippen LogP contribution in [0.25, 0.3) is 11.1 Å². The van der Waals surface area contributed by atoms with Gasteiger partial charge in [-0.3, -0.25) is 4.79 Å². The summed E-state index contributed by atoms with van der Waals surface area (Å²) in [6.45, 7) is 2.54. The number of carbonyl (C=O) groups is 1. The second-order valence-corrected chi connectivity index (χ2v) is 5.56. The second kappa shape index (κ2) is 5.72. The molecular weight excluding hydrogens is 303 g/mol. The van der Waals surface area contributed by atoms with E-state index in [0.29, 0.717) is 19.4 Å². The summed E-state index contributed by atoms with van der Waals surface area (Å²) < 4.78 is 37.9. The summed E-state index contributed by atoms with van der Waals surface area (Å²) in [5.74, 6) is 0.113. The summed E-state index contributed by atoms with van der Waals surface area (Å²) in [6.07, 6.45) is -3.19. The summed E-state index contributed by atoms with van der Waals surface area (Å²) in [4.78, 5) is 13.6. The number of fused-ring (bicyclic) bond motifs is 1. The van der Waals surface area contributed by atoms with Crippen LogP contribution < -0.4 is 4.90 Å². The Morgan fingerprint density at radius 3 is 2.26 bits per heavy atom. The number of anilines is 1. The van der Waals surface area contributed by atoms with Gasteiger partial charge in [0.2, 0.25) is 5.91 Å². The van der Waals surface area contributed by atoms with Gasteiger partial charge in [0.15, 0.2) is 0 Å². The second-order valence-electron chi connectivity index (χ2n) is 5.56. The van der Waals surface area contributed by atoms with Gasteiger partial charge in [0.1, 0.15) is 0 Å². The van der Waals surface area contributed by atoms with Crippen molar-refractivity contribution in [1.29, 1.82) is 0 Å². The third kappa shape index (κ3) is 2.96. The molecule has 2 aromatic rings. The third-order valence-electron chi connectivity index (χ3n) is 4.14. The average Bonchev–Trinajstić information content (AvgIpc) is 2.54. The molecule has 0 aromatic heterocycles. The minimum absolute atomic E-state index is 0.113. The molecule has 1 heterocycles. The number of hydrogen-bond donors (Lipinski definition) is 0. The third-order valence-corrected chi connectivity index (χ3v) is 4.14. The minimum Gasteiger partial charge on any atom is -0.312 e. The van der Waals surface area contributed by atoms with Crippen LogP contribution in [0, 0.1) is 0 Å². The van der Waals surface area contributed by atoms with Gasteiger partial charge >= 0.3 is 6.18 Å². The molecule has 2 nitrogen and oxygen atoms in total. The monoisotopic (exact) mass is 319 g/mol. The van der Waals surface area contributed by atoms with E-state index in [2.05, 4.69) is 0 Å². The summed E-state index contributed by atoms with van der Waals surface area (Å²) >= 11 is 0. The maximum atomic E-state index is 12.6. The molecule has 0 bridgehead atoms. The predicted octanol–water partition coefficient (Wildman–Crippen LogP) is 4.67. The first-order valence-corrected chi connectivity index (χ1v) is 7.51. The first-order chi connectivity index (χ1) is 10.9. The highest BCUT2D eigenvalue weighted by molar-refractivity contribution is 5.96. The maximum absolute atomic E-state index is 12.6. The molecule has 1 aliphatic rings. The number of benzene rings is 2. The lowest BCUT2D eigenvalue weighted by Crippen LogP contribution is -2.34. The van der Waals surface area contributed by atoms with E-state index in [4.69, 9.17) is 0 Å².